The van der Waals surface area contributed by atoms with Crippen LogP contribution in [0.25, 0.3) is 0 Å². The van der Waals surface area contributed by atoms with E-state index in [1.807, 2.05) is 6.08 Å². The first-order valence-corrected chi connectivity index (χ1v) is 3.45. The first-order valence-electron chi connectivity index (χ1n) is 3.45. The Kier molecular flexibility index (Phi) is 1.62. The maximum atomic E-state index is 8.73. The van der Waals surface area contributed by atoms with Crippen LogP contribution in [-0.4, -0.2) is 11.7 Å². The molecule has 0 amide bonds. The number of aliphatic hydroxyl groups is 1. The summed E-state index contributed by atoms with van der Waals surface area (Å²) >= 11 is 0. The second-order valence-electron chi connectivity index (χ2n) is 3.23. The zero-order valence-corrected chi connectivity index (χ0v) is 5.93. The number of hydrogen-bond acceptors (Lipinski definition) is 1. The molecule has 0 aliphatic heterocycles. The summed E-state index contributed by atoms with van der Waals surface area (Å²) in [5.74, 6) is 0.551. The molecule has 1 N–H and O–H groups in total. The molecule has 9 heavy (non-hydrogen) atoms. The summed E-state index contributed by atoms with van der Waals surface area (Å²) in [5, 5.41) is 8.73. The molecule has 52 valence electrons. The molecule has 1 saturated carbocycles. The summed E-state index contributed by atoms with van der Waals surface area (Å²) in [4.78, 5) is 0. The van der Waals surface area contributed by atoms with Crippen molar-refractivity contribution >= 4 is 0 Å². The summed E-state index contributed by atoms with van der Waals surface area (Å²) in [6.45, 7) is 6.23. The highest BCUT2D eigenvalue weighted by molar-refractivity contribution is 5.01. The van der Waals surface area contributed by atoms with Gasteiger partial charge in [0.2, 0.25) is 0 Å². The Bertz CT molecular complexity index is 120. The van der Waals surface area contributed by atoms with Gasteiger partial charge < -0.3 is 5.11 Å². The van der Waals surface area contributed by atoms with Gasteiger partial charge in [-0.25, -0.2) is 0 Å². The molecule has 0 radical (unpaired) electrons. The van der Waals surface area contributed by atoms with Crippen LogP contribution in [0.2, 0.25) is 0 Å². The fourth-order valence-corrected chi connectivity index (χ4v) is 1.37. The molecule has 1 heteroatoms. The van der Waals surface area contributed by atoms with Crippen LogP contribution < -0.4 is 0 Å². The summed E-state index contributed by atoms with van der Waals surface area (Å²) in [6, 6.07) is 0. The molecule has 1 aliphatic rings. The van der Waals surface area contributed by atoms with E-state index in [-0.39, 0.29) is 0 Å². The topological polar surface area (TPSA) is 20.2 Å². The molecule has 2 unspecified atom stereocenters. The largest absolute Gasteiger partial charge is 0.396 e. The van der Waals surface area contributed by atoms with E-state index in [2.05, 4.69) is 13.5 Å². The van der Waals surface area contributed by atoms with Gasteiger partial charge in [-0.3, -0.25) is 0 Å². The molecular formula is C8H14O. The summed E-state index contributed by atoms with van der Waals surface area (Å²) in [5.41, 5.74) is 0.399. The monoisotopic (exact) mass is 126 g/mol. The second kappa shape index (κ2) is 2.14. The Labute approximate surface area is 56.4 Å². The van der Waals surface area contributed by atoms with Crippen LogP contribution in [0.5, 0.6) is 0 Å². The van der Waals surface area contributed by atoms with Crippen molar-refractivity contribution in [2.24, 2.45) is 11.3 Å². The van der Waals surface area contributed by atoms with Crippen molar-refractivity contribution in [3.05, 3.63) is 12.7 Å². The van der Waals surface area contributed by atoms with Gasteiger partial charge in [0.05, 0.1) is 0 Å². The third-order valence-corrected chi connectivity index (χ3v) is 2.37. The van der Waals surface area contributed by atoms with Gasteiger partial charge in [-0.05, 0) is 24.2 Å². The quantitative estimate of drug-likeness (QED) is 0.569. The van der Waals surface area contributed by atoms with Gasteiger partial charge in [0, 0.05) is 6.61 Å². The maximum Gasteiger partial charge on any atom is 0.0464 e. The van der Waals surface area contributed by atoms with E-state index in [4.69, 9.17) is 5.11 Å². The summed E-state index contributed by atoms with van der Waals surface area (Å²) in [6.07, 6.45) is 4.17. The Hall–Kier alpha value is -0.300. The van der Waals surface area contributed by atoms with Gasteiger partial charge in [0.1, 0.15) is 0 Å². The molecule has 0 bridgehead atoms. The smallest absolute Gasteiger partial charge is 0.0464 e. The lowest BCUT2D eigenvalue weighted by atomic mass is 10.0. The molecule has 2 atom stereocenters. The van der Waals surface area contributed by atoms with Gasteiger partial charge >= 0.3 is 0 Å². The van der Waals surface area contributed by atoms with Crippen molar-refractivity contribution in [2.75, 3.05) is 6.61 Å². The van der Waals surface area contributed by atoms with Crippen molar-refractivity contribution in [3.63, 3.8) is 0 Å². The highest BCUT2D eigenvalue weighted by Crippen LogP contribution is 2.54. The SMILES string of the molecule is C=CCC1(C)CC1CO. The van der Waals surface area contributed by atoms with Crippen molar-refractivity contribution in [3.8, 4) is 0 Å². The maximum absolute atomic E-state index is 8.73. The van der Waals surface area contributed by atoms with Gasteiger partial charge in [0.15, 0.2) is 0 Å². The highest BCUT2D eigenvalue weighted by Gasteiger charge is 2.47. The first kappa shape index (κ1) is 6.81. The van der Waals surface area contributed by atoms with Crippen LogP contribution in [0.3, 0.4) is 0 Å². The lowest BCUT2D eigenvalue weighted by Crippen LogP contribution is -1.98. The van der Waals surface area contributed by atoms with Crippen molar-refractivity contribution in [1.29, 1.82) is 0 Å². The van der Waals surface area contributed by atoms with E-state index in [1.165, 1.54) is 6.42 Å². The predicted octanol–water partition coefficient (Wildman–Crippen LogP) is 1.58. The molecule has 1 nitrogen and oxygen atoms in total. The van der Waals surface area contributed by atoms with E-state index in [9.17, 15) is 0 Å². The van der Waals surface area contributed by atoms with Crippen LogP contribution in [0.15, 0.2) is 12.7 Å². The molecule has 0 aromatic carbocycles. The van der Waals surface area contributed by atoms with E-state index in [0.29, 0.717) is 17.9 Å². The zero-order valence-electron chi connectivity index (χ0n) is 5.93. The van der Waals surface area contributed by atoms with Gasteiger partial charge in [0.25, 0.3) is 0 Å². The average molecular weight is 126 g/mol. The molecule has 1 fully saturated rings. The van der Waals surface area contributed by atoms with Crippen LogP contribution in [0.1, 0.15) is 19.8 Å². The number of hydrogen-bond donors (Lipinski definition) is 1. The van der Waals surface area contributed by atoms with Crippen LogP contribution in [0.4, 0.5) is 0 Å². The second-order valence-corrected chi connectivity index (χ2v) is 3.23. The minimum absolute atomic E-state index is 0.352. The molecule has 0 aromatic rings. The normalized spacial score (nSPS) is 40.4. The lowest BCUT2D eigenvalue weighted by molar-refractivity contribution is 0.254. The van der Waals surface area contributed by atoms with Gasteiger partial charge in [-0.15, -0.1) is 6.58 Å². The van der Waals surface area contributed by atoms with Gasteiger partial charge in [-0.2, -0.15) is 0 Å². The molecule has 0 aromatic heterocycles. The zero-order chi connectivity index (χ0) is 6.91. The minimum atomic E-state index is 0.352. The number of rotatable bonds is 3. The standard InChI is InChI=1S/C8H14O/c1-3-4-8(2)5-7(8)6-9/h3,7,9H,1,4-6H2,2H3. The minimum Gasteiger partial charge on any atom is -0.396 e. The summed E-state index contributed by atoms with van der Waals surface area (Å²) in [7, 11) is 0. The first-order chi connectivity index (χ1) is 4.23. The molecule has 0 spiro atoms. The van der Waals surface area contributed by atoms with Crippen LogP contribution in [-0.2, 0) is 0 Å². The lowest BCUT2D eigenvalue weighted by Gasteiger charge is -2.03. The Morgan fingerprint density at radius 2 is 2.56 bits per heavy atom. The number of aliphatic hydroxyl groups excluding tert-OH is 1. The molecule has 1 rings (SSSR count). The van der Waals surface area contributed by atoms with Crippen molar-refractivity contribution in [2.45, 2.75) is 19.8 Å². The molecule has 0 heterocycles. The van der Waals surface area contributed by atoms with Crippen molar-refractivity contribution < 1.29 is 5.11 Å². The van der Waals surface area contributed by atoms with Crippen molar-refractivity contribution in [1.82, 2.24) is 0 Å². The van der Waals surface area contributed by atoms with E-state index in [0.717, 1.165) is 6.42 Å². The van der Waals surface area contributed by atoms with Crippen LogP contribution >= 0.6 is 0 Å². The van der Waals surface area contributed by atoms with E-state index >= 15 is 0 Å². The number of allylic oxidation sites excluding steroid dienone is 1. The molecule has 0 saturated heterocycles. The third kappa shape index (κ3) is 1.16. The Morgan fingerprint density at radius 3 is 2.89 bits per heavy atom. The Morgan fingerprint density at radius 1 is 1.89 bits per heavy atom. The highest BCUT2D eigenvalue weighted by atomic mass is 16.3. The summed E-state index contributed by atoms with van der Waals surface area (Å²) < 4.78 is 0. The molecule has 1 aliphatic carbocycles. The average Bonchev–Trinajstić information content (AvgIpc) is 2.43. The van der Waals surface area contributed by atoms with Crippen LogP contribution in [0, 0.1) is 11.3 Å². The van der Waals surface area contributed by atoms with E-state index < -0.39 is 0 Å². The predicted molar refractivity (Wildman–Crippen MR) is 38.1 cm³/mol. The third-order valence-electron chi connectivity index (χ3n) is 2.37. The Balaban J connectivity index is 2.32. The molecular weight excluding hydrogens is 112 g/mol. The fraction of sp³-hybridized carbons (Fsp3) is 0.750. The van der Waals surface area contributed by atoms with Gasteiger partial charge in [-0.1, -0.05) is 13.0 Å². The fourth-order valence-electron chi connectivity index (χ4n) is 1.37. The van der Waals surface area contributed by atoms with E-state index in [1.54, 1.807) is 0 Å².